The Balaban J connectivity index is 1.81. The van der Waals surface area contributed by atoms with Gasteiger partial charge in [0.2, 0.25) is 5.28 Å². The Labute approximate surface area is 158 Å². The van der Waals surface area contributed by atoms with Gasteiger partial charge < -0.3 is 10.6 Å². The number of nitro benzene ring substituents is 1. The van der Waals surface area contributed by atoms with Crippen LogP contribution in [0.1, 0.15) is 12.8 Å². The quantitative estimate of drug-likeness (QED) is 0.396. The molecule has 1 fully saturated rings. The van der Waals surface area contributed by atoms with E-state index >= 15 is 0 Å². The summed E-state index contributed by atoms with van der Waals surface area (Å²) in [7, 11) is 0. The summed E-state index contributed by atoms with van der Waals surface area (Å²) in [5.41, 5.74) is 1.70. The summed E-state index contributed by atoms with van der Waals surface area (Å²) >= 11 is 7.56. The molecule has 26 heavy (non-hydrogen) atoms. The molecule has 0 atom stereocenters. The number of fused-ring (bicyclic) bond motifs is 1. The van der Waals surface area contributed by atoms with Crippen LogP contribution in [-0.4, -0.2) is 34.0 Å². The first-order valence-electron chi connectivity index (χ1n) is 8.28. The number of thiophene rings is 1. The number of hydrogen-bond acceptors (Lipinski definition) is 7. The van der Waals surface area contributed by atoms with Gasteiger partial charge >= 0.3 is 0 Å². The summed E-state index contributed by atoms with van der Waals surface area (Å²) in [4.78, 5) is 20.2. The molecule has 0 unspecified atom stereocenters. The Morgan fingerprint density at radius 2 is 2.12 bits per heavy atom. The zero-order valence-electron chi connectivity index (χ0n) is 13.7. The molecular weight excluding hydrogens is 374 g/mol. The van der Waals surface area contributed by atoms with Gasteiger partial charge in [-0.2, -0.15) is 0 Å². The van der Waals surface area contributed by atoms with Gasteiger partial charge in [-0.15, -0.1) is 11.3 Å². The highest BCUT2D eigenvalue weighted by Gasteiger charge is 2.20. The predicted molar refractivity (Wildman–Crippen MR) is 104 cm³/mol. The summed E-state index contributed by atoms with van der Waals surface area (Å²) in [6.07, 6.45) is 2.00. The first-order valence-corrected chi connectivity index (χ1v) is 9.54. The minimum absolute atomic E-state index is 0.0598. The van der Waals surface area contributed by atoms with Gasteiger partial charge in [0.15, 0.2) is 0 Å². The number of halogens is 1. The normalized spacial score (nSPS) is 15.3. The van der Waals surface area contributed by atoms with Crippen molar-refractivity contribution in [3.8, 4) is 11.1 Å². The summed E-state index contributed by atoms with van der Waals surface area (Å²) < 4.78 is 0. The topological polar surface area (TPSA) is 93.0 Å². The van der Waals surface area contributed by atoms with Crippen LogP contribution in [0.3, 0.4) is 0 Å². The Morgan fingerprint density at radius 3 is 2.88 bits per heavy atom. The molecule has 0 aliphatic carbocycles. The zero-order chi connectivity index (χ0) is 18.1. The lowest BCUT2D eigenvalue weighted by molar-refractivity contribution is -0.384. The van der Waals surface area contributed by atoms with E-state index < -0.39 is 0 Å². The maximum absolute atomic E-state index is 11.1. The average Bonchev–Trinajstić information content (AvgIpc) is 3.06. The molecule has 1 aliphatic rings. The summed E-state index contributed by atoms with van der Waals surface area (Å²) in [6, 6.07) is 6.91. The first-order chi connectivity index (χ1) is 12.6. The van der Waals surface area contributed by atoms with E-state index in [1.807, 2.05) is 11.4 Å². The number of non-ortho nitro benzene ring substituents is 1. The number of nitro groups is 1. The second-order valence-corrected chi connectivity index (χ2v) is 7.34. The lowest BCUT2D eigenvalue weighted by Gasteiger charge is -2.24. The second kappa shape index (κ2) is 7.14. The molecule has 0 saturated carbocycles. The van der Waals surface area contributed by atoms with Crippen molar-refractivity contribution in [1.29, 1.82) is 0 Å². The van der Waals surface area contributed by atoms with E-state index in [0.29, 0.717) is 11.9 Å². The largest absolute Gasteiger partial charge is 0.367 e. The number of piperidine rings is 1. The van der Waals surface area contributed by atoms with E-state index in [1.54, 1.807) is 12.1 Å². The molecule has 7 nitrogen and oxygen atoms in total. The standard InChI is InChI=1S/C17H16ClN5O2S/c18-17-21-15(20-11-4-6-19-7-5-11)14-13(9-26-16(14)22-17)10-2-1-3-12(8-10)23(24)25/h1-3,8-9,11,19H,4-7H2,(H,20,21,22). The fourth-order valence-electron chi connectivity index (χ4n) is 3.18. The van der Waals surface area contributed by atoms with E-state index in [0.717, 1.165) is 47.3 Å². The highest BCUT2D eigenvalue weighted by Crippen LogP contribution is 2.38. The third-order valence-electron chi connectivity index (χ3n) is 4.45. The smallest absolute Gasteiger partial charge is 0.270 e. The van der Waals surface area contributed by atoms with Gasteiger partial charge in [-0.05, 0) is 43.1 Å². The molecule has 134 valence electrons. The van der Waals surface area contributed by atoms with Crippen LogP contribution in [0.5, 0.6) is 0 Å². The van der Waals surface area contributed by atoms with Crippen molar-refractivity contribution in [2.45, 2.75) is 18.9 Å². The minimum Gasteiger partial charge on any atom is -0.367 e. The van der Waals surface area contributed by atoms with E-state index in [-0.39, 0.29) is 15.9 Å². The third-order valence-corrected chi connectivity index (χ3v) is 5.50. The number of nitrogens with one attached hydrogen (secondary N) is 2. The van der Waals surface area contributed by atoms with E-state index in [4.69, 9.17) is 11.6 Å². The summed E-state index contributed by atoms with van der Waals surface area (Å²) in [5.74, 6) is 0.689. The molecule has 1 saturated heterocycles. The van der Waals surface area contributed by atoms with Gasteiger partial charge in [0.1, 0.15) is 10.6 Å². The number of aromatic nitrogens is 2. The molecule has 2 aromatic heterocycles. The van der Waals surface area contributed by atoms with Crippen LogP contribution < -0.4 is 10.6 Å². The molecule has 9 heteroatoms. The molecule has 0 bridgehead atoms. The second-order valence-electron chi connectivity index (χ2n) is 6.15. The van der Waals surface area contributed by atoms with Gasteiger partial charge in [-0.3, -0.25) is 10.1 Å². The van der Waals surface area contributed by atoms with Crippen molar-refractivity contribution in [2.24, 2.45) is 0 Å². The molecule has 1 aliphatic heterocycles. The molecular formula is C17H16ClN5O2S. The molecule has 2 N–H and O–H groups in total. The van der Waals surface area contributed by atoms with Crippen LogP contribution in [-0.2, 0) is 0 Å². The Kier molecular flexibility index (Phi) is 4.71. The average molecular weight is 390 g/mol. The maximum atomic E-state index is 11.1. The number of nitrogens with zero attached hydrogens (tertiary/aromatic N) is 3. The van der Waals surface area contributed by atoms with Gasteiger partial charge in [-0.1, -0.05) is 12.1 Å². The maximum Gasteiger partial charge on any atom is 0.270 e. The molecule has 1 aromatic carbocycles. The van der Waals surface area contributed by atoms with Crippen LogP contribution in [0.4, 0.5) is 11.5 Å². The SMILES string of the molecule is O=[N+]([O-])c1cccc(-c2csc3nc(Cl)nc(NC4CCNCC4)c23)c1. The van der Waals surface area contributed by atoms with E-state index in [1.165, 1.54) is 17.4 Å². The molecule has 3 heterocycles. The van der Waals surface area contributed by atoms with Crippen LogP contribution in [0.25, 0.3) is 21.3 Å². The number of rotatable bonds is 4. The Bertz CT molecular complexity index is 971. The van der Waals surface area contributed by atoms with Crippen LogP contribution in [0, 0.1) is 10.1 Å². The lowest BCUT2D eigenvalue weighted by Crippen LogP contribution is -2.35. The van der Waals surface area contributed by atoms with Crippen molar-refractivity contribution in [1.82, 2.24) is 15.3 Å². The minimum atomic E-state index is -0.389. The summed E-state index contributed by atoms with van der Waals surface area (Å²) in [5, 5.41) is 20.9. The first kappa shape index (κ1) is 17.1. The fourth-order valence-corrected chi connectivity index (χ4v) is 4.35. The third kappa shape index (κ3) is 3.35. The molecule has 0 amide bonds. The molecule has 3 aromatic rings. The van der Waals surface area contributed by atoms with Crippen molar-refractivity contribution >= 4 is 44.7 Å². The van der Waals surface area contributed by atoms with Crippen molar-refractivity contribution in [3.05, 3.63) is 45.0 Å². The van der Waals surface area contributed by atoms with Crippen LogP contribution in [0.15, 0.2) is 29.6 Å². The van der Waals surface area contributed by atoms with Crippen molar-refractivity contribution in [2.75, 3.05) is 18.4 Å². The summed E-state index contributed by atoms with van der Waals surface area (Å²) in [6.45, 7) is 1.92. The van der Waals surface area contributed by atoms with Gasteiger partial charge in [0.25, 0.3) is 5.69 Å². The Hall–Kier alpha value is -2.29. The van der Waals surface area contributed by atoms with Gasteiger partial charge in [0.05, 0.1) is 10.3 Å². The highest BCUT2D eigenvalue weighted by molar-refractivity contribution is 7.17. The monoisotopic (exact) mass is 389 g/mol. The predicted octanol–water partition coefficient (Wildman–Crippen LogP) is 4.08. The van der Waals surface area contributed by atoms with Crippen LogP contribution in [0.2, 0.25) is 5.28 Å². The highest BCUT2D eigenvalue weighted by atomic mass is 35.5. The Morgan fingerprint density at radius 1 is 1.31 bits per heavy atom. The number of anilines is 1. The number of hydrogen-bond donors (Lipinski definition) is 2. The molecule has 0 radical (unpaired) electrons. The zero-order valence-corrected chi connectivity index (χ0v) is 15.3. The fraction of sp³-hybridized carbons (Fsp3) is 0.294. The molecule has 0 spiro atoms. The van der Waals surface area contributed by atoms with E-state index in [9.17, 15) is 10.1 Å². The van der Waals surface area contributed by atoms with Crippen LogP contribution >= 0.6 is 22.9 Å². The van der Waals surface area contributed by atoms with Gasteiger partial charge in [0, 0.05) is 29.1 Å². The van der Waals surface area contributed by atoms with Crippen molar-refractivity contribution < 1.29 is 4.92 Å². The van der Waals surface area contributed by atoms with Crippen molar-refractivity contribution in [3.63, 3.8) is 0 Å². The number of benzene rings is 1. The lowest BCUT2D eigenvalue weighted by atomic mass is 10.0. The molecule has 4 rings (SSSR count). The van der Waals surface area contributed by atoms with Gasteiger partial charge in [-0.25, -0.2) is 9.97 Å². The van der Waals surface area contributed by atoms with E-state index in [2.05, 4.69) is 20.6 Å².